The Labute approximate surface area is 77.4 Å². The first-order valence-electron chi connectivity index (χ1n) is 4.54. The van der Waals surface area contributed by atoms with E-state index in [0.29, 0.717) is 6.42 Å². The molecule has 0 saturated heterocycles. The Morgan fingerprint density at radius 3 is 2.77 bits per heavy atom. The first kappa shape index (κ1) is 8.75. The fourth-order valence-electron chi connectivity index (χ4n) is 2.52. The molecule has 3 heteroatoms. The first-order chi connectivity index (χ1) is 6.08. The summed E-state index contributed by atoms with van der Waals surface area (Å²) in [4.78, 5) is 11.3. The van der Waals surface area contributed by atoms with E-state index in [4.69, 9.17) is 4.74 Å². The molecule has 1 N–H and O–H groups in total. The molecule has 3 nitrogen and oxygen atoms in total. The SMILES string of the molecule is COC(=O)C1CC2(C)C=CC1C2O. The summed E-state index contributed by atoms with van der Waals surface area (Å²) < 4.78 is 4.70. The maximum Gasteiger partial charge on any atom is 0.309 e. The number of esters is 1. The minimum atomic E-state index is -0.406. The maximum atomic E-state index is 11.3. The molecular weight excluding hydrogens is 168 g/mol. The first-order valence-corrected chi connectivity index (χ1v) is 4.54. The van der Waals surface area contributed by atoms with E-state index in [2.05, 4.69) is 0 Å². The average molecular weight is 182 g/mol. The second-order valence-electron chi connectivity index (χ2n) is 4.22. The van der Waals surface area contributed by atoms with Crippen LogP contribution in [0.1, 0.15) is 13.3 Å². The van der Waals surface area contributed by atoms with E-state index in [1.165, 1.54) is 7.11 Å². The molecular formula is C10H14O3. The predicted molar refractivity (Wildman–Crippen MR) is 46.9 cm³/mol. The summed E-state index contributed by atoms with van der Waals surface area (Å²) in [6.07, 6.45) is 4.26. The quantitative estimate of drug-likeness (QED) is 0.480. The molecule has 0 aromatic heterocycles. The average Bonchev–Trinajstić information content (AvgIpc) is 2.54. The van der Waals surface area contributed by atoms with E-state index in [9.17, 15) is 9.90 Å². The molecule has 2 rings (SSSR count). The van der Waals surface area contributed by atoms with Crippen molar-refractivity contribution >= 4 is 5.97 Å². The predicted octanol–water partition coefficient (Wildman–Crippen LogP) is 0.732. The molecule has 2 aliphatic rings. The standard InChI is InChI=1S/C10H14O3/c1-10-4-3-6(8(10)11)7(5-10)9(12)13-2/h3-4,6-8,11H,5H2,1-2H3. The minimum Gasteiger partial charge on any atom is -0.469 e. The third-order valence-corrected chi connectivity index (χ3v) is 3.37. The number of aliphatic hydroxyl groups is 1. The highest BCUT2D eigenvalue weighted by atomic mass is 16.5. The molecule has 0 radical (unpaired) electrons. The Morgan fingerprint density at radius 1 is 1.69 bits per heavy atom. The van der Waals surface area contributed by atoms with Gasteiger partial charge in [0.2, 0.25) is 0 Å². The molecule has 0 aromatic carbocycles. The summed E-state index contributed by atoms with van der Waals surface area (Å²) in [5.41, 5.74) is -0.205. The third-order valence-electron chi connectivity index (χ3n) is 3.37. The van der Waals surface area contributed by atoms with E-state index in [-0.39, 0.29) is 23.2 Å². The zero-order valence-corrected chi connectivity index (χ0v) is 7.86. The van der Waals surface area contributed by atoms with Crippen molar-refractivity contribution in [3.05, 3.63) is 12.2 Å². The molecule has 2 bridgehead atoms. The molecule has 1 saturated carbocycles. The summed E-state index contributed by atoms with van der Waals surface area (Å²) in [6, 6.07) is 0. The second-order valence-corrected chi connectivity index (χ2v) is 4.22. The van der Waals surface area contributed by atoms with Crippen molar-refractivity contribution in [1.82, 2.24) is 0 Å². The zero-order valence-electron chi connectivity index (χ0n) is 7.86. The number of hydrogen-bond acceptors (Lipinski definition) is 3. The molecule has 0 aromatic rings. The molecule has 2 aliphatic carbocycles. The largest absolute Gasteiger partial charge is 0.469 e. The fourth-order valence-corrected chi connectivity index (χ4v) is 2.52. The normalized spacial score (nSPS) is 46.8. The van der Waals surface area contributed by atoms with Crippen LogP contribution in [0.4, 0.5) is 0 Å². The zero-order chi connectivity index (χ0) is 9.64. The van der Waals surface area contributed by atoms with Crippen molar-refractivity contribution in [2.24, 2.45) is 17.3 Å². The number of methoxy groups -OCH3 is 1. The Hall–Kier alpha value is -0.830. The van der Waals surface area contributed by atoms with Gasteiger partial charge in [-0.25, -0.2) is 0 Å². The molecule has 1 fully saturated rings. The molecule has 0 aliphatic heterocycles. The molecule has 13 heavy (non-hydrogen) atoms. The van der Waals surface area contributed by atoms with Crippen molar-refractivity contribution in [2.45, 2.75) is 19.4 Å². The molecule has 0 spiro atoms. The molecule has 0 amide bonds. The van der Waals surface area contributed by atoms with Crippen LogP contribution in [0.25, 0.3) is 0 Å². The number of rotatable bonds is 1. The number of carbonyl (C=O) groups excluding carboxylic acids is 1. The lowest BCUT2D eigenvalue weighted by Crippen LogP contribution is -2.24. The Morgan fingerprint density at radius 2 is 2.38 bits per heavy atom. The van der Waals surface area contributed by atoms with Gasteiger partial charge >= 0.3 is 5.97 Å². The van der Waals surface area contributed by atoms with Crippen LogP contribution in [0, 0.1) is 17.3 Å². The van der Waals surface area contributed by atoms with Gasteiger partial charge in [-0.15, -0.1) is 0 Å². The molecule has 4 unspecified atom stereocenters. The van der Waals surface area contributed by atoms with Crippen LogP contribution in [0.15, 0.2) is 12.2 Å². The van der Waals surface area contributed by atoms with Crippen LogP contribution in [0.5, 0.6) is 0 Å². The number of ether oxygens (including phenoxy) is 1. The summed E-state index contributed by atoms with van der Waals surface area (Å²) in [6.45, 7) is 1.98. The van der Waals surface area contributed by atoms with Crippen molar-refractivity contribution in [3.8, 4) is 0 Å². The van der Waals surface area contributed by atoms with Crippen molar-refractivity contribution in [2.75, 3.05) is 7.11 Å². The van der Waals surface area contributed by atoms with E-state index in [1.54, 1.807) is 0 Å². The van der Waals surface area contributed by atoms with E-state index in [1.807, 2.05) is 19.1 Å². The highest BCUT2D eigenvalue weighted by Gasteiger charge is 2.54. The fraction of sp³-hybridized carbons (Fsp3) is 0.700. The maximum absolute atomic E-state index is 11.3. The van der Waals surface area contributed by atoms with Crippen molar-refractivity contribution < 1.29 is 14.6 Å². The van der Waals surface area contributed by atoms with Crippen LogP contribution >= 0.6 is 0 Å². The lowest BCUT2D eigenvalue weighted by Gasteiger charge is -2.20. The topological polar surface area (TPSA) is 46.5 Å². The molecule has 72 valence electrons. The molecule has 4 atom stereocenters. The van der Waals surface area contributed by atoms with Gasteiger partial charge in [-0.05, 0) is 6.42 Å². The van der Waals surface area contributed by atoms with Crippen LogP contribution < -0.4 is 0 Å². The number of carbonyl (C=O) groups is 1. The number of hydrogen-bond donors (Lipinski definition) is 1. The smallest absolute Gasteiger partial charge is 0.309 e. The van der Waals surface area contributed by atoms with Crippen LogP contribution in [0.3, 0.4) is 0 Å². The highest BCUT2D eigenvalue weighted by Crippen LogP contribution is 2.52. The van der Waals surface area contributed by atoms with E-state index in [0.717, 1.165) is 0 Å². The van der Waals surface area contributed by atoms with E-state index < -0.39 is 6.10 Å². The minimum absolute atomic E-state index is 0.0301. The van der Waals surface area contributed by atoms with Gasteiger partial charge in [-0.3, -0.25) is 4.79 Å². The van der Waals surface area contributed by atoms with Gasteiger partial charge in [0.1, 0.15) is 0 Å². The second kappa shape index (κ2) is 2.58. The van der Waals surface area contributed by atoms with Crippen LogP contribution in [-0.4, -0.2) is 24.3 Å². The monoisotopic (exact) mass is 182 g/mol. The van der Waals surface area contributed by atoms with Gasteiger partial charge < -0.3 is 9.84 Å². The Bertz CT molecular complexity index is 271. The number of fused-ring (bicyclic) bond motifs is 2. The highest BCUT2D eigenvalue weighted by molar-refractivity contribution is 5.74. The summed E-state index contributed by atoms with van der Waals surface area (Å²) in [5, 5.41) is 9.83. The van der Waals surface area contributed by atoms with Gasteiger partial charge in [0.25, 0.3) is 0 Å². The van der Waals surface area contributed by atoms with Crippen molar-refractivity contribution in [3.63, 3.8) is 0 Å². The van der Waals surface area contributed by atoms with Crippen LogP contribution in [0.2, 0.25) is 0 Å². The van der Waals surface area contributed by atoms with Gasteiger partial charge in [-0.2, -0.15) is 0 Å². The van der Waals surface area contributed by atoms with Gasteiger partial charge in [0, 0.05) is 11.3 Å². The van der Waals surface area contributed by atoms with Crippen LogP contribution in [-0.2, 0) is 9.53 Å². The summed E-state index contributed by atoms with van der Waals surface area (Å²) >= 11 is 0. The summed E-state index contributed by atoms with van der Waals surface area (Å²) in [7, 11) is 1.40. The Balaban J connectivity index is 2.22. The Kier molecular flexibility index (Phi) is 1.74. The van der Waals surface area contributed by atoms with Gasteiger partial charge in [0.15, 0.2) is 0 Å². The van der Waals surface area contributed by atoms with Gasteiger partial charge in [-0.1, -0.05) is 19.1 Å². The van der Waals surface area contributed by atoms with E-state index >= 15 is 0 Å². The van der Waals surface area contributed by atoms with Crippen molar-refractivity contribution in [1.29, 1.82) is 0 Å². The molecule has 0 heterocycles. The lowest BCUT2D eigenvalue weighted by molar-refractivity contribution is -0.146. The van der Waals surface area contributed by atoms with Gasteiger partial charge in [0.05, 0.1) is 19.1 Å². The number of aliphatic hydroxyl groups excluding tert-OH is 1. The third kappa shape index (κ3) is 1.03. The lowest BCUT2D eigenvalue weighted by atomic mass is 9.86. The summed E-state index contributed by atoms with van der Waals surface area (Å²) in [5.74, 6) is -0.371.